The number of nitrogens with one attached hydrogen (secondary N) is 2. The molecule has 0 bridgehead atoms. The SMILES string of the molecule is COc1cccc(NC(=S)N/N=C/c2cc(Cl)c(O)c(OC)c2)c1. The van der Waals surface area contributed by atoms with Crippen molar-refractivity contribution in [3.8, 4) is 17.2 Å². The van der Waals surface area contributed by atoms with Crippen LogP contribution in [0.4, 0.5) is 5.69 Å². The lowest BCUT2D eigenvalue weighted by Gasteiger charge is -2.08. The Morgan fingerprint density at radius 2 is 2.04 bits per heavy atom. The normalized spacial score (nSPS) is 10.5. The number of phenols is 1. The largest absolute Gasteiger partial charge is 0.503 e. The molecule has 0 saturated carbocycles. The predicted molar refractivity (Wildman–Crippen MR) is 99.6 cm³/mol. The quantitative estimate of drug-likeness (QED) is 0.428. The standard InChI is InChI=1S/C16H16ClN3O3S/c1-22-12-5-3-4-11(8-12)19-16(24)20-18-9-10-6-13(17)15(21)14(7-10)23-2/h3-9,21H,1-2H3,(H2,19,20,24)/b18-9+. The molecule has 2 rings (SSSR count). The second-order valence-electron chi connectivity index (χ2n) is 4.61. The average molecular weight is 366 g/mol. The van der Waals surface area contributed by atoms with Gasteiger partial charge in [-0.05, 0) is 42.0 Å². The van der Waals surface area contributed by atoms with Crippen LogP contribution in [0.1, 0.15) is 5.56 Å². The van der Waals surface area contributed by atoms with Crippen LogP contribution in [0.3, 0.4) is 0 Å². The number of aromatic hydroxyl groups is 1. The van der Waals surface area contributed by atoms with Crippen LogP contribution in [0.25, 0.3) is 0 Å². The highest BCUT2D eigenvalue weighted by Crippen LogP contribution is 2.34. The van der Waals surface area contributed by atoms with Crippen molar-refractivity contribution in [2.24, 2.45) is 5.10 Å². The van der Waals surface area contributed by atoms with E-state index < -0.39 is 0 Å². The summed E-state index contributed by atoms with van der Waals surface area (Å²) in [6, 6.07) is 10.5. The van der Waals surface area contributed by atoms with Gasteiger partial charge in [-0.2, -0.15) is 5.10 Å². The fourth-order valence-electron chi connectivity index (χ4n) is 1.85. The van der Waals surface area contributed by atoms with Gasteiger partial charge in [-0.1, -0.05) is 17.7 Å². The highest BCUT2D eigenvalue weighted by atomic mass is 35.5. The van der Waals surface area contributed by atoms with Gasteiger partial charge < -0.3 is 19.9 Å². The van der Waals surface area contributed by atoms with Crippen LogP contribution in [-0.2, 0) is 0 Å². The first-order valence-corrected chi connectivity index (χ1v) is 7.62. The van der Waals surface area contributed by atoms with Crippen molar-refractivity contribution in [3.05, 3.63) is 47.0 Å². The van der Waals surface area contributed by atoms with E-state index in [1.54, 1.807) is 19.2 Å². The average Bonchev–Trinajstić information content (AvgIpc) is 2.58. The Hall–Kier alpha value is -2.51. The predicted octanol–water partition coefficient (Wildman–Crippen LogP) is 3.38. The fourth-order valence-corrected chi connectivity index (χ4v) is 2.24. The van der Waals surface area contributed by atoms with Crippen molar-refractivity contribution in [2.45, 2.75) is 0 Å². The van der Waals surface area contributed by atoms with Crippen LogP contribution < -0.4 is 20.2 Å². The van der Waals surface area contributed by atoms with Crippen molar-refractivity contribution < 1.29 is 14.6 Å². The van der Waals surface area contributed by atoms with Gasteiger partial charge in [-0.15, -0.1) is 0 Å². The second-order valence-corrected chi connectivity index (χ2v) is 5.43. The van der Waals surface area contributed by atoms with Gasteiger partial charge in [0.15, 0.2) is 16.6 Å². The molecule has 0 unspecified atom stereocenters. The molecule has 126 valence electrons. The lowest BCUT2D eigenvalue weighted by atomic mass is 10.2. The van der Waals surface area contributed by atoms with Gasteiger partial charge in [0.1, 0.15) is 5.75 Å². The first-order chi connectivity index (χ1) is 11.5. The third-order valence-electron chi connectivity index (χ3n) is 2.98. The summed E-state index contributed by atoms with van der Waals surface area (Å²) < 4.78 is 10.2. The van der Waals surface area contributed by atoms with Crippen LogP contribution in [0.15, 0.2) is 41.5 Å². The van der Waals surface area contributed by atoms with Crippen LogP contribution in [0.5, 0.6) is 17.2 Å². The van der Waals surface area contributed by atoms with E-state index in [0.29, 0.717) is 10.7 Å². The number of hydrazone groups is 1. The van der Waals surface area contributed by atoms with E-state index in [1.807, 2.05) is 24.3 Å². The van der Waals surface area contributed by atoms with Crippen LogP contribution in [0.2, 0.25) is 5.02 Å². The van der Waals surface area contributed by atoms with E-state index in [9.17, 15) is 5.11 Å². The summed E-state index contributed by atoms with van der Waals surface area (Å²) in [5, 5.41) is 17.2. The monoisotopic (exact) mass is 365 g/mol. The fraction of sp³-hybridized carbons (Fsp3) is 0.125. The molecule has 6 nitrogen and oxygen atoms in total. The molecule has 2 aromatic carbocycles. The smallest absolute Gasteiger partial charge is 0.191 e. The van der Waals surface area contributed by atoms with Gasteiger partial charge >= 0.3 is 0 Å². The maximum absolute atomic E-state index is 9.68. The minimum atomic E-state index is -0.112. The first kappa shape index (κ1) is 17.8. The van der Waals surface area contributed by atoms with Gasteiger partial charge in [0.05, 0.1) is 25.5 Å². The molecule has 0 atom stereocenters. The first-order valence-electron chi connectivity index (χ1n) is 6.84. The van der Waals surface area contributed by atoms with Gasteiger partial charge in [0.25, 0.3) is 0 Å². The maximum Gasteiger partial charge on any atom is 0.191 e. The number of methoxy groups -OCH3 is 2. The highest BCUT2D eigenvalue weighted by molar-refractivity contribution is 7.80. The van der Waals surface area contributed by atoms with Crippen molar-refractivity contribution in [2.75, 3.05) is 19.5 Å². The minimum Gasteiger partial charge on any atom is -0.503 e. The number of phenolic OH excluding ortho intramolecular Hbond substituents is 1. The van der Waals surface area contributed by atoms with Crippen LogP contribution >= 0.6 is 23.8 Å². The summed E-state index contributed by atoms with van der Waals surface area (Å²) >= 11 is 11.1. The van der Waals surface area contributed by atoms with Gasteiger partial charge in [0, 0.05) is 11.8 Å². The Bertz CT molecular complexity index is 768. The number of halogens is 1. The molecule has 0 aliphatic rings. The second kappa shape index (κ2) is 8.37. The van der Waals surface area contributed by atoms with E-state index in [1.165, 1.54) is 13.3 Å². The number of thiocarbonyl (C=S) groups is 1. The lowest BCUT2D eigenvalue weighted by Crippen LogP contribution is -2.23. The molecule has 0 saturated heterocycles. The van der Waals surface area contributed by atoms with Crippen molar-refractivity contribution in [1.29, 1.82) is 0 Å². The Kier molecular flexibility index (Phi) is 6.22. The number of ether oxygens (including phenoxy) is 2. The molecule has 0 aliphatic heterocycles. The van der Waals surface area contributed by atoms with Gasteiger partial charge in [-0.25, -0.2) is 0 Å². The highest BCUT2D eigenvalue weighted by Gasteiger charge is 2.07. The van der Waals surface area contributed by atoms with Gasteiger partial charge in [0.2, 0.25) is 0 Å². The molecule has 0 amide bonds. The van der Waals surface area contributed by atoms with Crippen molar-refractivity contribution in [1.82, 2.24) is 5.43 Å². The number of benzene rings is 2. The van der Waals surface area contributed by atoms with E-state index >= 15 is 0 Å². The third-order valence-corrected chi connectivity index (χ3v) is 3.46. The Balaban J connectivity index is 1.98. The summed E-state index contributed by atoms with van der Waals surface area (Å²) in [5.41, 5.74) is 4.11. The molecule has 0 radical (unpaired) electrons. The molecule has 0 spiro atoms. The van der Waals surface area contributed by atoms with Crippen molar-refractivity contribution >= 4 is 40.8 Å². The molecule has 2 aromatic rings. The van der Waals surface area contributed by atoms with E-state index in [-0.39, 0.29) is 16.5 Å². The molecule has 0 fully saturated rings. The molecular formula is C16H16ClN3O3S. The van der Waals surface area contributed by atoms with Crippen LogP contribution in [0, 0.1) is 0 Å². The van der Waals surface area contributed by atoms with E-state index in [2.05, 4.69) is 15.8 Å². The van der Waals surface area contributed by atoms with Crippen molar-refractivity contribution in [3.63, 3.8) is 0 Å². The van der Waals surface area contributed by atoms with E-state index in [0.717, 1.165) is 11.4 Å². The summed E-state index contributed by atoms with van der Waals surface area (Å²) in [7, 11) is 3.04. The molecule has 0 heterocycles. The zero-order valence-corrected chi connectivity index (χ0v) is 14.6. The topological polar surface area (TPSA) is 75.1 Å². The molecule has 0 aromatic heterocycles. The third kappa shape index (κ3) is 4.74. The van der Waals surface area contributed by atoms with E-state index in [4.69, 9.17) is 33.3 Å². The van der Waals surface area contributed by atoms with Gasteiger partial charge in [-0.3, -0.25) is 5.43 Å². The Labute approximate surface area is 150 Å². The summed E-state index contributed by atoms with van der Waals surface area (Å²) in [6.45, 7) is 0. The molecule has 3 N–H and O–H groups in total. The number of hydrogen-bond donors (Lipinski definition) is 3. The van der Waals surface area contributed by atoms with Crippen LogP contribution in [-0.4, -0.2) is 30.7 Å². The molecule has 24 heavy (non-hydrogen) atoms. The summed E-state index contributed by atoms with van der Waals surface area (Å²) in [5.74, 6) is 0.873. The molecule has 0 aliphatic carbocycles. The molecule has 8 heteroatoms. The Morgan fingerprint density at radius 1 is 1.25 bits per heavy atom. The number of nitrogens with zero attached hydrogens (tertiary/aromatic N) is 1. The number of hydrogen-bond acceptors (Lipinski definition) is 5. The summed E-state index contributed by atoms with van der Waals surface area (Å²) in [6.07, 6.45) is 1.51. The Morgan fingerprint density at radius 3 is 2.75 bits per heavy atom. The zero-order chi connectivity index (χ0) is 17.5. The maximum atomic E-state index is 9.68. The zero-order valence-electron chi connectivity index (χ0n) is 13.0. The lowest BCUT2D eigenvalue weighted by molar-refractivity contribution is 0.373. The molecular weight excluding hydrogens is 350 g/mol. The number of anilines is 1. The minimum absolute atomic E-state index is 0.112. The number of rotatable bonds is 5. The summed E-state index contributed by atoms with van der Waals surface area (Å²) in [4.78, 5) is 0.